The average molecular weight is 219 g/mol. The number of carbonyl (C=O) groups excluding carboxylic acids is 1. The largest absolute Gasteiger partial charge is 0.464 e. The molecule has 16 heavy (non-hydrogen) atoms. The molecule has 1 aliphatic heterocycles. The van der Waals surface area contributed by atoms with E-state index in [4.69, 9.17) is 4.74 Å². The summed E-state index contributed by atoms with van der Waals surface area (Å²) in [5.74, 6) is -0.155. The standard InChI is InChI=1S/C13H17NO2/c1-4-16-13(15)11-7-10-8(2)5-6-9(3)12(10)14-11/h5-6,11,14H,4,7H2,1-3H3/t11-/m0/s1. The molecule has 1 N–H and O–H groups in total. The molecule has 1 aliphatic rings. The van der Waals surface area contributed by atoms with Crippen molar-refractivity contribution in [1.29, 1.82) is 0 Å². The third-order valence-electron chi connectivity index (χ3n) is 3.05. The summed E-state index contributed by atoms with van der Waals surface area (Å²) < 4.78 is 5.04. The number of ether oxygens (including phenoxy) is 1. The lowest BCUT2D eigenvalue weighted by molar-refractivity contribution is -0.143. The Balaban J connectivity index is 2.24. The molecule has 0 bridgehead atoms. The summed E-state index contributed by atoms with van der Waals surface area (Å²) in [6.07, 6.45) is 0.738. The van der Waals surface area contributed by atoms with Gasteiger partial charge in [0.05, 0.1) is 6.61 Å². The van der Waals surface area contributed by atoms with Crippen LogP contribution in [-0.4, -0.2) is 18.6 Å². The maximum absolute atomic E-state index is 11.7. The molecule has 0 amide bonds. The van der Waals surface area contributed by atoms with Gasteiger partial charge in [0.15, 0.2) is 0 Å². The number of esters is 1. The van der Waals surface area contributed by atoms with Gasteiger partial charge >= 0.3 is 5.97 Å². The predicted octanol–water partition coefficient (Wildman–Crippen LogP) is 2.20. The molecule has 0 aromatic heterocycles. The van der Waals surface area contributed by atoms with Crippen LogP contribution in [0.1, 0.15) is 23.6 Å². The maximum atomic E-state index is 11.7. The van der Waals surface area contributed by atoms with E-state index in [0.717, 1.165) is 12.1 Å². The Bertz CT molecular complexity index is 395. The number of carbonyl (C=O) groups is 1. The third-order valence-corrected chi connectivity index (χ3v) is 3.05. The van der Waals surface area contributed by atoms with Crippen LogP contribution >= 0.6 is 0 Å². The van der Waals surface area contributed by atoms with Crippen molar-refractivity contribution in [3.05, 3.63) is 28.8 Å². The SMILES string of the molecule is CCOC(=O)[C@@H]1Cc2c(C)ccc(C)c2N1. The molecule has 0 radical (unpaired) electrons. The molecule has 2 rings (SSSR count). The van der Waals surface area contributed by atoms with E-state index in [0.29, 0.717) is 6.61 Å². The number of hydrogen-bond donors (Lipinski definition) is 1. The second kappa shape index (κ2) is 4.16. The Morgan fingerprint density at radius 3 is 2.75 bits per heavy atom. The number of nitrogens with one attached hydrogen (secondary N) is 1. The van der Waals surface area contributed by atoms with E-state index in [1.807, 2.05) is 6.92 Å². The molecule has 0 unspecified atom stereocenters. The zero-order valence-corrected chi connectivity index (χ0v) is 9.96. The molecule has 0 saturated heterocycles. The summed E-state index contributed by atoms with van der Waals surface area (Å²) in [5.41, 5.74) is 4.78. The van der Waals surface area contributed by atoms with Gasteiger partial charge in [0.1, 0.15) is 6.04 Å². The number of hydrogen-bond acceptors (Lipinski definition) is 3. The van der Waals surface area contributed by atoms with Gasteiger partial charge in [0.25, 0.3) is 0 Å². The van der Waals surface area contributed by atoms with Crippen LogP contribution in [-0.2, 0) is 16.0 Å². The van der Waals surface area contributed by atoms with Gasteiger partial charge in [-0.3, -0.25) is 0 Å². The molecule has 1 aromatic rings. The second-order valence-corrected chi connectivity index (χ2v) is 4.21. The molecular weight excluding hydrogens is 202 g/mol. The van der Waals surface area contributed by atoms with Crippen molar-refractivity contribution < 1.29 is 9.53 Å². The van der Waals surface area contributed by atoms with Crippen LogP contribution in [0.4, 0.5) is 5.69 Å². The van der Waals surface area contributed by atoms with E-state index in [1.165, 1.54) is 16.7 Å². The normalized spacial score (nSPS) is 17.8. The molecule has 3 heteroatoms. The smallest absolute Gasteiger partial charge is 0.328 e. The Hall–Kier alpha value is -1.51. The second-order valence-electron chi connectivity index (χ2n) is 4.21. The van der Waals surface area contributed by atoms with Crippen LogP contribution < -0.4 is 5.32 Å². The first-order valence-electron chi connectivity index (χ1n) is 5.65. The van der Waals surface area contributed by atoms with Gasteiger partial charge in [0.2, 0.25) is 0 Å². The van der Waals surface area contributed by atoms with Crippen molar-refractivity contribution in [3.8, 4) is 0 Å². The van der Waals surface area contributed by atoms with Gasteiger partial charge < -0.3 is 10.1 Å². The molecule has 1 heterocycles. The van der Waals surface area contributed by atoms with Crippen molar-refractivity contribution in [2.45, 2.75) is 33.2 Å². The zero-order chi connectivity index (χ0) is 11.7. The highest BCUT2D eigenvalue weighted by Gasteiger charge is 2.29. The first-order chi connectivity index (χ1) is 7.63. The van der Waals surface area contributed by atoms with Crippen LogP contribution in [0, 0.1) is 13.8 Å². The zero-order valence-electron chi connectivity index (χ0n) is 9.96. The van der Waals surface area contributed by atoms with E-state index >= 15 is 0 Å². The highest BCUT2D eigenvalue weighted by molar-refractivity contribution is 5.84. The summed E-state index contributed by atoms with van der Waals surface area (Å²) >= 11 is 0. The first kappa shape index (κ1) is 11.0. The summed E-state index contributed by atoms with van der Waals surface area (Å²) in [5, 5.41) is 3.25. The van der Waals surface area contributed by atoms with E-state index in [-0.39, 0.29) is 12.0 Å². The molecule has 3 nitrogen and oxygen atoms in total. The first-order valence-corrected chi connectivity index (χ1v) is 5.65. The van der Waals surface area contributed by atoms with Crippen molar-refractivity contribution >= 4 is 11.7 Å². The predicted molar refractivity (Wildman–Crippen MR) is 63.7 cm³/mol. The summed E-state index contributed by atoms with van der Waals surface area (Å²) in [6, 6.07) is 3.97. The number of rotatable bonds is 2. The number of benzene rings is 1. The van der Waals surface area contributed by atoms with Gasteiger partial charge in [-0.25, -0.2) is 4.79 Å². The monoisotopic (exact) mass is 219 g/mol. The fourth-order valence-electron chi connectivity index (χ4n) is 2.15. The lowest BCUT2D eigenvalue weighted by atomic mass is 10.0. The van der Waals surface area contributed by atoms with Gasteiger partial charge in [-0.2, -0.15) is 0 Å². The molecule has 0 spiro atoms. The van der Waals surface area contributed by atoms with Crippen LogP contribution in [0.2, 0.25) is 0 Å². The van der Waals surface area contributed by atoms with Crippen molar-refractivity contribution in [2.75, 3.05) is 11.9 Å². The van der Waals surface area contributed by atoms with Crippen LogP contribution in [0.15, 0.2) is 12.1 Å². The highest BCUT2D eigenvalue weighted by atomic mass is 16.5. The third kappa shape index (κ3) is 1.77. The van der Waals surface area contributed by atoms with Crippen LogP contribution in [0.3, 0.4) is 0 Å². The fraction of sp³-hybridized carbons (Fsp3) is 0.462. The minimum absolute atomic E-state index is 0.155. The van der Waals surface area contributed by atoms with E-state index in [2.05, 4.69) is 31.3 Å². The van der Waals surface area contributed by atoms with Crippen molar-refractivity contribution in [3.63, 3.8) is 0 Å². The van der Waals surface area contributed by atoms with Crippen molar-refractivity contribution in [1.82, 2.24) is 0 Å². The quantitative estimate of drug-likeness (QED) is 0.775. The molecule has 0 fully saturated rings. The average Bonchev–Trinajstić information content (AvgIpc) is 2.70. The Morgan fingerprint density at radius 1 is 1.44 bits per heavy atom. The topological polar surface area (TPSA) is 38.3 Å². The van der Waals surface area contributed by atoms with E-state index in [9.17, 15) is 4.79 Å². The molecule has 0 aliphatic carbocycles. The maximum Gasteiger partial charge on any atom is 0.328 e. The van der Waals surface area contributed by atoms with E-state index < -0.39 is 0 Å². The highest BCUT2D eigenvalue weighted by Crippen LogP contribution is 2.32. The van der Waals surface area contributed by atoms with E-state index in [1.54, 1.807) is 0 Å². The Kier molecular flexibility index (Phi) is 2.86. The number of anilines is 1. The van der Waals surface area contributed by atoms with Gasteiger partial charge in [-0.05, 0) is 37.5 Å². The summed E-state index contributed by atoms with van der Waals surface area (Å²) in [7, 11) is 0. The molecule has 86 valence electrons. The minimum atomic E-state index is -0.213. The molecule has 0 saturated carbocycles. The lowest BCUT2D eigenvalue weighted by Crippen LogP contribution is -2.29. The fourth-order valence-corrected chi connectivity index (χ4v) is 2.15. The van der Waals surface area contributed by atoms with Crippen LogP contribution in [0.25, 0.3) is 0 Å². The summed E-state index contributed by atoms with van der Waals surface area (Å²) in [4.78, 5) is 11.7. The van der Waals surface area contributed by atoms with Gasteiger partial charge in [-0.15, -0.1) is 0 Å². The van der Waals surface area contributed by atoms with Crippen molar-refractivity contribution in [2.24, 2.45) is 0 Å². The van der Waals surface area contributed by atoms with Gasteiger partial charge in [-0.1, -0.05) is 12.1 Å². The summed E-state index contributed by atoms with van der Waals surface area (Å²) in [6.45, 7) is 6.40. The molecule has 1 aromatic carbocycles. The van der Waals surface area contributed by atoms with Gasteiger partial charge in [0, 0.05) is 12.1 Å². The minimum Gasteiger partial charge on any atom is -0.464 e. The number of fused-ring (bicyclic) bond motifs is 1. The lowest BCUT2D eigenvalue weighted by Gasteiger charge is -2.10. The molecular formula is C13H17NO2. The number of aryl methyl sites for hydroxylation is 2. The Labute approximate surface area is 95.8 Å². The van der Waals surface area contributed by atoms with Crippen LogP contribution in [0.5, 0.6) is 0 Å². The Morgan fingerprint density at radius 2 is 2.12 bits per heavy atom. The molecule has 1 atom stereocenters.